The minimum Gasteiger partial charge on any atom is -0.460 e. The zero-order valence-corrected chi connectivity index (χ0v) is 12.0. The van der Waals surface area contributed by atoms with Crippen molar-refractivity contribution in [3.8, 4) is 0 Å². The van der Waals surface area contributed by atoms with E-state index in [2.05, 4.69) is 0 Å². The number of esters is 1. The van der Waals surface area contributed by atoms with Gasteiger partial charge < -0.3 is 9.64 Å². The Morgan fingerprint density at radius 3 is 2.60 bits per heavy atom. The highest BCUT2D eigenvalue weighted by Gasteiger charge is 2.07. The number of halogens is 1. The molecule has 2 aromatic rings. The van der Waals surface area contributed by atoms with Crippen LogP contribution in [0.15, 0.2) is 54.6 Å². The summed E-state index contributed by atoms with van der Waals surface area (Å²) in [4.78, 5) is 13.7. The fourth-order valence-electron chi connectivity index (χ4n) is 1.78. The molecule has 0 heterocycles. The van der Waals surface area contributed by atoms with Crippen LogP contribution in [0.2, 0.25) is 5.02 Å². The number of carbonyl (C=O) groups excluding carboxylic acids is 1. The Balaban J connectivity index is 1.83. The number of hydrogen-bond donors (Lipinski definition) is 0. The number of nitrogens with zero attached hydrogens (tertiary/aromatic N) is 1. The zero-order chi connectivity index (χ0) is 14.4. The molecule has 2 aromatic carbocycles. The number of rotatable bonds is 5. The Morgan fingerprint density at radius 1 is 1.15 bits per heavy atom. The van der Waals surface area contributed by atoms with Crippen LogP contribution in [-0.2, 0) is 4.74 Å². The van der Waals surface area contributed by atoms with Crippen molar-refractivity contribution in [3.63, 3.8) is 0 Å². The van der Waals surface area contributed by atoms with Gasteiger partial charge in [0, 0.05) is 17.8 Å². The van der Waals surface area contributed by atoms with Crippen LogP contribution < -0.4 is 4.90 Å². The van der Waals surface area contributed by atoms with Crippen molar-refractivity contribution in [2.24, 2.45) is 0 Å². The van der Waals surface area contributed by atoms with Gasteiger partial charge in [-0.1, -0.05) is 35.9 Å². The second kappa shape index (κ2) is 6.96. The Kier molecular flexibility index (Phi) is 5.02. The molecule has 0 saturated carbocycles. The summed E-state index contributed by atoms with van der Waals surface area (Å²) in [5.41, 5.74) is 1.56. The molecule has 4 heteroatoms. The molecule has 0 aliphatic carbocycles. The highest BCUT2D eigenvalue weighted by Crippen LogP contribution is 2.17. The summed E-state index contributed by atoms with van der Waals surface area (Å²) in [5.74, 6) is -0.301. The number of hydrogen-bond acceptors (Lipinski definition) is 3. The summed E-state index contributed by atoms with van der Waals surface area (Å²) in [7, 11) is 1.93. The molecule has 3 nitrogen and oxygen atoms in total. The third-order valence-corrected chi connectivity index (χ3v) is 3.15. The molecule has 0 saturated heterocycles. The summed E-state index contributed by atoms with van der Waals surface area (Å²) in [6.45, 7) is 0.940. The van der Waals surface area contributed by atoms with Gasteiger partial charge in [0.1, 0.15) is 6.61 Å². The highest BCUT2D eigenvalue weighted by molar-refractivity contribution is 6.30. The normalized spacial score (nSPS) is 10.1. The fourth-order valence-corrected chi connectivity index (χ4v) is 1.96. The molecule has 0 aliphatic heterocycles. The van der Waals surface area contributed by atoms with Gasteiger partial charge in [-0.2, -0.15) is 0 Å². The van der Waals surface area contributed by atoms with Crippen molar-refractivity contribution >= 4 is 23.3 Å². The number of likely N-dealkylation sites (N-methyl/N-ethyl adjacent to an activating group) is 1. The molecule has 20 heavy (non-hydrogen) atoms. The van der Waals surface area contributed by atoms with Gasteiger partial charge in [-0.3, -0.25) is 0 Å². The lowest BCUT2D eigenvalue weighted by Gasteiger charge is -2.19. The molecular weight excluding hydrogens is 274 g/mol. The minimum atomic E-state index is -0.301. The number of anilines is 1. The third-order valence-electron chi connectivity index (χ3n) is 2.92. The van der Waals surface area contributed by atoms with Gasteiger partial charge in [-0.05, 0) is 30.3 Å². The predicted molar refractivity (Wildman–Crippen MR) is 81.4 cm³/mol. The van der Waals surface area contributed by atoms with E-state index in [0.717, 1.165) is 5.69 Å². The molecule has 0 atom stereocenters. The molecule has 0 fully saturated rings. The Bertz CT molecular complexity index is 572. The SMILES string of the molecule is CN(CCOC(=O)c1ccccc1)c1cccc(Cl)c1. The number of benzene rings is 2. The van der Waals surface area contributed by atoms with Crippen molar-refractivity contribution < 1.29 is 9.53 Å². The van der Waals surface area contributed by atoms with E-state index >= 15 is 0 Å². The quantitative estimate of drug-likeness (QED) is 0.787. The van der Waals surface area contributed by atoms with E-state index in [9.17, 15) is 4.79 Å². The summed E-state index contributed by atoms with van der Waals surface area (Å²) < 4.78 is 5.24. The Morgan fingerprint density at radius 2 is 1.90 bits per heavy atom. The van der Waals surface area contributed by atoms with E-state index in [1.807, 2.05) is 54.4 Å². The first-order valence-corrected chi connectivity index (χ1v) is 6.73. The molecule has 0 unspecified atom stereocenters. The van der Waals surface area contributed by atoms with Crippen LogP contribution in [-0.4, -0.2) is 26.2 Å². The number of ether oxygens (including phenoxy) is 1. The van der Waals surface area contributed by atoms with Crippen LogP contribution in [0.25, 0.3) is 0 Å². The summed E-state index contributed by atoms with van der Waals surface area (Å²) in [5, 5.41) is 0.690. The van der Waals surface area contributed by atoms with E-state index < -0.39 is 0 Å². The van der Waals surface area contributed by atoms with Gasteiger partial charge in [0.2, 0.25) is 0 Å². The average molecular weight is 290 g/mol. The van der Waals surface area contributed by atoms with E-state index in [0.29, 0.717) is 23.7 Å². The van der Waals surface area contributed by atoms with Gasteiger partial charge in [0.15, 0.2) is 0 Å². The molecule has 2 rings (SSSR count). The van der Waals surface area contributed by atoms with Crippen molar-refractivity contribution in [2.75, 3.05) is 25.1 Å². The second-order valence-corrected chi connectivity index (χ2v) is 4.84. The molecule has 0 bridgehead atoms. The Hall–Kier alpha value is -2.00. The minimum absolute atomic E-state index is 0.301. The van der Waals surface area contributed by atoms with Gasteiger partial charge in [-0.15, -0.1) is 0 Å². The standard InChI is InChI=1S/C16H16ClNO2/c1-18(15-9-5-8-14(17)12-15)10-11-20-16(19)13-6-3-2-4-7-13/h2-9,12H,10-11H2,1H3. The largest absolute Gasteiger partial charge is 0.460 e. The van der Waals surface area contributed by atoms with Crippen LogP contribution in [0, 0.1) is 0 Å². The van der Waals surface area contributed by atoms with Crippen molar-refractivity contribution in [1.82, 2.24) is 0 Å². The zero-order valence-electron chi connectivity index (χ0n) is 11.3. The van der Waals surface area contributed by atoms with Crippen LogP contribution in [0.3, 0.4) is 0 Å². The molecule has 0 N–H and O–H groups in total. The summed E-state index contributed by atoms with van der Waals surface area (Å²) in [6, 6.07) is 16.5. The van der Waals surface area contributed by atoms with Crippen LogP contribution in [0.5, 0.6) is 0 Å². The first-order chi connectivity index (χ1) is 9.66. The maximum atomic E-state index is 11.8. The third kappa shape index (κ3) is 4.00. The smallest absolute Gasteiger partial charge is 0.338 e. The number of carbonyl (C=O) groups is 1. The topological polar surface area (TPSA) is 29.5 Å². The van der Waals surface area contributed by atoms with Gasteiger partial charge >= 0.3 is 5.97 Å². The maximum absolute atomic E-state index is 11.8. The highest BCUT2D eigenvalue weighted by atomic mass is 35.5. The van der Waals surface area contributed by atoms with Crippen LogP contribution in [0.4, 0.5) is 5.69 Å². The first-order valence-electron chi connectivity index (χ1n) is 6.36. The van der Waals surface area contributed by atoms with Crippen LogP contribution in [0.1, 0.15) is 10.4 Å². The molecule has 0 spiro atoms. The monoisotopic (exact) mass is 289 g/mol. The Labute approximate surface area is 123 Å². The van der Waals surface area contributed by atoms with Gasteiger partial charge in [-0.25, -0.2) is 4.79 Å². The summed E-state index contributed by atoms with van der Waals surface area (Å²) in [6.07, 6.45) is 0. The van der Waals surface area contributed by atoms with E-state index in [1.165, 1.54) is 0 Å². The molecule has 0 radical (unpaired) electrons. The van der Waals surface area contributed by atoms with Crippen molar-refractivity contribution in [2.45, 2.75) is 0 Å². The van der Waals surface area contributed by atoms with Crippen molar-refractivity contribution in [3.05, 3.63) is 65.2 Å². The lowest BCUT2D eigenvalue weighted by atomic mass is 10.2. The molecular formula is C16H16ClNO2. The molecule has 104 valence electrons. The predicted octanol–water partition coefficient (Wildman–Crippen LogP) is 3.63. The van der Waals surface area contributed by atoms with Gasteiger partial charge in [0.05, 0.1) is 12.1 Å². The second-order valence-electron chi connectivity index (χ2n) is 4.40. The van der Waals surface area contributed by atoms with Crippen LogP contribution >= 0.6 is 11.6 Å². The maximum Gasteiger partial charge on any atom is 0.338 e. The summed E-state index contributed by atoms with van der Waals surface area (Å²) >= 11 is 5.94. The van der Waals surface area contributed by atoms with Crippen molar-refractivity contribution in [1.29, 1.82) is 0 Å². The average Bonchev–Trinajstić information content (AvgIpc) is 2.48. The fraction of sp³-hybridized carbons (Fsp3) is 0.188. The first kappa shape index (κ1) is 14.4. The molecule has 0 aliphatic rings. The molecule has 0 aromatic heterocycles. The van der Waals surface area contributed by atoms with E-state index in [-0.39, 0.29) is 5.97 Å². The lowest BCUT2D eigenvalue weighted by Crippen LogP contribution is -2.23. The van der Waals surface area contributed by atoms with E-state index in [1.54, 1.807) is 12.1 Å². The molecule has 0 amide bonds. The van der Waals surface area contributed by atoms with E-state index in [4.69, 9.17) is 16.3 Å². The van der Waals surface area contributed by atoms with Gasteiger partial charge in [0.25, 0.3) is 0 Å². The lowest BCUT2D eigenvalue weighted by molar-refractivity contribution is 0.0516.